The average Bonchev–Trinajstić information content (AvgIpc) is 2.52. The number of benzene rings is 1. The predicted molar refractivity (Wildman–Crippen MR) is 90.0 cm³/mol. The number of ether oxygens (including phenoxy) is 1. The zero-order valence-corrected chi connectivity index (χ0v) is 14.3. The van der Waals surface area contributed by atoms with Crippen molar-refractivity contribution < 1.29 is 4.74 Å². The highest BCUT2D eigenvalue weighted by Gasteiger charge is 2.40. The Morgan fingerprint density at radius 3 is 2.57 bits per heavy atom. The Morgan fingerprint density at radius 2 is 2.00 bits per heavy atom. The fourth-order valence-corrected chi connectivity index (χ4v) is 3.63. The van der Waals surface area contributed by atoms with Gasteiger partial charge in [-0.2, -0.15) is 0 Å². The third-order valence-corrected chi connectivity index (χ3v) is 5.17. The lowest BCUT2D eigenvalue weighted by Crippen LogP contribution is -2.47. The number of aryl methyl sites for hydroxylation is 1. The summed E-state index contributed by atoms with van der Waals surface area (Å²) in [5.74, 6) is 0. The van der Waals surface area contributed by atoms with Crippen LogP contribution in [0.2, 0.25) is 5.02 Å². The second-order valence-corrected chi connectivity index (χ2v) is 6.63. The number of methoxy groups -OCH3 is 1. The van der Waals surface area contributed by atoms with Crippen molar-refractivity contribution in [2.75, 3.05) is 13.7 Å². The molecule has 1 fully saturated rings. The highest BCUT2D eigenvalue weighted by Crippen LogP contribution is 2.41. The predicted octanol–water partition coefficient (Wildman–Crippen LogP) is 5.04. The van der Waals surface area contributed by atoms with E-state index in [1.807, 2.05) is 14.0 Å². The molecule has 0 saturated heterocycles. The van der Waals surface area contributed by atoms with Gasteiger partial charge < -0.3 is 10.1 Å². The number of nitrogens with one attached hydrogen (secondary N) is 1. The molecule has 0 radical (unpaired) electrons. The van der Waals surface area contributed by atoms with Gasteiger partial charge in [0, 0.05) is 12.1 Å². The van der Waals surface area contributed by atoms with Gasteiger partial charge in [0.25, 0.3) is 0 Å². The van der Waals surface area contributed by atoms with Crippen molar-refractivity contribution in [2.24, 2.45) is 0 Å². The van der Waals surface area contributed by atoms with Gasteiger partial charge in [0.1, 0.15) is 0 Å². The van der Waals surface area contributed by atoms with Crippen molar-refractivity contribution in [3.05, 3.63) is 34.3 Å². The maximum Gasteiger partial charge on any atom is 0.0872 e. The summed E-state index contributed by atoms with van der Waals surface area (Å²) in [6.07, 6.45) is 7.18. The first kappa shape index (κ1) is 16.8. The van der Waals surface area contributed by atoms with Gasteiger partial charge in [0.2, 0.25) is 0 Å². The van der Waals surface area contributed by atoms with E-state index in [9.17, 15) is 0 Å². The maximum absolute atomic E-state index is 6.35. The molecule has 0 aliphatic heterocycles. The second kappa shape index (κ2) is 7.62. The molecule has 1 saturated carbocycles. The molecule has 1 aliphatic carbocycles. The molecule has 1 N–H and O–H groups in total. The van der Waals surface area contributed by atoms with Crippen molar-refractivity contribution in [2.45, 2.75) is 64.0 Å². The van der Waals surface area contributed by atoms with Crippen LogP contribution in [0.15, 0.2) is 18.2 Å². The van der Waals surface area contributed by atoms with Crippen molar-refractivity contribution in [3.8, 4) is 0 Å². The zero-order chi connectivity index (χ0) is 15.3. The molecule has 1 unspecified atom stereocenters. The Morgan fingerprint density at radius 1 is 1.29 bits per heavy atom. The first-order valence-electron chi connectivity index (χ1n) is 8.17. The minimum Gasteiger partial charge on any atom is -0.376 e. The van der Waals surface area contributed by atoms with Crippen LogP contribution in [0.5, 0.6) is 0 Å². The molecule has 0 amide bonds. The smallest absolute Gasteiger partial charge is 0.0872 e. The lowest BCUT2D eigenvalue weighted by Gasteiger charge is -2.43. The van der Waals surface area contributed by atoms with Gasteiger partial charge in [-0.05, 0) is 49.9 Å². The van der Waals surface area contributed by atoms with E-state index in [2.05, 4.69) is 30.4 Å². The highest BCUT2D eigenvalue weighted by molar-refractivity contribution is 6.31. The van der Waals surface area contributed by atoms with Crippen molar-refractivity contribution in [3.63, 3.8) is 0 Å². The molecular formula is C18H28ClNO. The van der Waals surface area contributed by atoms with Crippen LogP contribution in [-0.2, 0) is 4.74 Å². The van der Waals surface area contributed by atoms with Crippen LogP contribution in [0.3, 0.4) is 0 Å². The summed E-state index contributed by atoms with van der Waals surface area (Å²) in [5.41, 5.74) is 2.29. The van der Waals surface area contributed by atoms with Crippen LogP contribution in [0, 0.1) is 6.92 Å². The van der Waals surface area contributed by atoms with E-state index >= 15 is 0 Å². The molecule has 1 aliphatic rings. The Bertz CT molecular complexity index is 455. The lowest BCUT2D eigenvalue weighted by atomic mass is 9.76. The quantitative estimate of drug-likeness (QED) is 0.795. The summed E-state index contributed by atoms with van der Waals surface area (Å²) in [7, 11) is 1.86. The minimum atomic E-state index is -0.0913. The van der Waals surface area contributed by atoms with Crippen LogP contribution in [0.1, 0.15) is 62.6 Å². The summed E-state index contributed by atoms with van der Waals surface area (Å²) in [4.78, 5) is 0. The Hall–Kier alpha value is -0.570. The standard InChI is InChI=1S/C18H28ClNO/c1-4-12-20-17(15-9-8-14(2)16(19)13-15)18(21-3)10-6-5-7-11-18/h8-9,13,17,20H,4-7,10-12H2,1-3H3. The normalized spacial score (nSPS) is 19.4. The van der Waals surface area contributed by atoms with Crippen LogP contribution >= 0.6 is 11.6 Å². The molecule has 0 aromatic heterocycles. The molecule has 1 aromatic carbocycles. The maximum atomic E-state index is 6.35. The van der Waals surface area contributed by atoms with E-state index in [0.29, 0.717) is 0 Å². The van der Waals surface area contributed by atoms with E-state index in [-0.39, 0.29) is 11.6 Å². The van der Waals surface area contributed by atoms with Crippen LogP contribution in [0.4, 0.5) is 0 Å². The first-order chi connectivity index (χ1) is 10.1. The number of hydrogen-bond acceptors (Lipinski definition) is 2. The fraction of sp³-hybridized carbons (Fsp3) is 0.667. The van der Waals surface area contributed by atoms with Gasteiger partial charge in [0.15, 0.2) is 0 Å². The highest BCUT2D eigenvalue weighted by atomic mass is 35.5. The van der Waals surface area contributed by atoms with Gasteiger partial charge in [0.05, 0.1) is 11.6 Å². The molecule has 0 spiro atoms. The molecular weight excluding hydrogens is 282 g/mol. The van der Waals surface area contributed by atoms with Gasteiger partial charge in [-0.1, -0.05) is 49.9 Å². The van der Waals surface area contributed by atoms with E-state index in [4.69, 9.17) is 16.3 Å². The number of halogens is 1. The van der Waals surface area contributed by atoms with Crippen molar-refractivity contribution >= 4 is 11.6 Å². The van der Waals surface area contributed by atoms with Gasteiger partial charge in [-0.25, -0.2) is 0 Å². The molecule has 118 valence electrons. The molecule has 21 heavy (non-hydrogen) atoms. The molecule has 0 bridgehead atoms. The largest absolute Gasteiger partial charge is 0.376 e. The summed E-state index contributed by atoms with van der Waals surface area (Å²) in [5, 5.41) is 4.56. The molecule has 2 rings (SSSR count). The van der Waals surface area contributed by atoms with Crippen molar-refractivity contribution in [1.82, 2.24) is 5.32 Å². The SMILES string of the molecule is CCCNC(c1ccc(C)c(Cl)c1)C1(OC)CCCCC1. The van der Waals surface area contributed by atoms with Crippen LogP contribution in [0.25, 0.3) is 0 Å². The molecule has 0 heterocycles. The second-order valence-electron chi connectivity index (χ2n) is 6.23. The minimum absolute atomic E-state index is 0.0913. The molecule has 1 atom stereocenters. The Balaban J connectivity index is 2.33. The summed E-state index contributed by atoms with van der Waals surface area (Å²) >= 11 is 6.35. The molecule has 3 heteroatoms. The Kier molecular flexibility index (Phi) is 6.09. The monoisotopic (exact) mass is 309 g/mol. The summed E-state index contributed by atoms with van der Waals surface area (Å²) in [6, 6.07) is 6.65. The van der Waals surface area contributed by atoms with Crippen LogP contribution < -0.4 is 5.32 Å². The summed E-state index contributed by atoms with van der Waals surface area (Å²) in [6.45, 7) is 5.25. The zero-order valence-electron chi connectivity index (χ0n) is 13.5. The average molecular weight is 310 g/mol. The van der Waals surface area contributed by atoms with Crippen LogP contribution in [-0.4, -0.2) is 19.3 Å². The summed E-state index contributed by atoms with van der Waals surface area (Å²) < 4.78 is 6.06. The van der Waals surface area contributed by atoms with E-state index in [1.165, 1.54) is 24.8 Å². The van der Waals surface area contributed by atoms with Gasteiger partial charge in [-0.3, -0.25) is 0 Å². The Labute approximate surface area is 134 Å². The third kappa shape index (κ3) is 3.80. The van der Waals surface area contributed by atoms with E-state index < -0.39 is 0 Å². The van der Waals surface area contributed by atoms with E-state index in [0.717, 1.165) is 36.4 Å². The van der Waals surface area contributed by atoms with Gasteiger partial charge >= 0.3 is 0 Å². The number of rotatable bonds is 6. The first-order valence-corrected chi connectivity index (χ1v) is 8.55. The lowest BCUT2D eigenvalue weighted by molar-refractivity contribution is -0.0687. The van der Waals surface area contributed by atoms with E-state index in [1.54, 1.807) is 0 Å². The molecule has 1 aromatic rings. The van der Waals surface area contributed by atoms with Crippen molar-refractivity contribution in [1.29, 1.82) is 0 Å². The topological polar surface area (TPSA) is 21.3 Å². The fourth-order valence-electron chi connectivity index (χ4n) is 3.45. The van der Waals surface area contributed by atoms with Gasteiger partial charge in [-0.15, -0.1) is 0 Å². The number of hydrogen-bond donors (Lipinski definition) is 1. The third-order valence-electron chi connectivity index (χ3n) is 4.76. The molecule has 2 nitrogen and oxygen atoms in total.